The Labute approximate surface area is 110 Å². The molecule has 0 spiro atoms. The van der Waals surface area contributed by atoms with Crippen LogP contribution in [0.1, 0.15) is 11.1 Å². The number of aromatic nitrogens is 2. The lowest BCUT2D eigenvalue weighted by molar-refractivity contribution is 0.593. The third kappa shape index (κ3) is 2.46. The van der Waals surface area contributed by atoms with Crippen LogP contribution in [-0.2, 0) is 6.54 Å². The van der Waals surface area contributed by atoms with Gasteiger partial charge in [0, 0.05) is 11.8 Å². The van der Waals surface area contributed by atoms with Gasteiger partial charge in [-0.05, 0) is 34.1 Å². The Hall–Kier alpha value is -2.00. The molecule has 0 N–H and O–H groups in total. The molecule has 0 radical (unpaired) electrons. The summed E-state index contributed by atoms with van der Waals surface area (Å²) in [7, 11) is 0. The summed E-state index contributed by atoms with van der Waals surface area (Å²) in [6.45, 7) is 0.0344. The van der Waals surface area contributed by atoms with Gasteiger partial charge in [0.05, 0.1) is 24.5 Å². The van der Waals surface area contributed by atoms with E-state index >= 15 is 0 Å². The molecule has 0 aliphatic heterocycles. The Balaban J connectivity index is 2.43. The van der Waals surface area contributed by atoms with Gasteiger partial charge in [0.25, 0.3) is 5.56 Å². The molecule has 18 heavy (non-hydrogen) atoms. The molecule has 0 saturated carbocycles. The highest BCUT2D eigenvalue weighted by atomic mass is 79.9. The van der Waals surface area contributed by atoms with Gasteiger partial charge >= 0.3 is 0 Å². The molecule has 0 saturated heterocycles. The molecule has 0 atom stereocenters. The first kappa shape index (κ1) is 12.5. The first-order chi connectivity index (χ1) is 8.61. The van der Waals surface area contributed by atoms with E-state index < -0.39 is 5.82 Å². The molecule has 2 aromatic rings. The monoisotopic (exact) mass is 307 g/mol. The summed E-state index contributed by atoms with van der Waals surface area (Å²) in [5.74, 6) is -0.458. The van der Waals surface area contributed by atoms with Gasteiger partial charge in [-0.3, -0.25) is 9.36 Å². The highest BCUT2D eigenvalue weighted by Crippen LogP contribution is 2.11. The van der Waals surface area contributed by atoms with Crippen molar-refractivity contribution in [1.82, 2.24) is 9.55 Å². The van der Waals surface area contributed by atoms with Crippen LogP contribution in [0.25, 0.3) is 0 Å². The second-order valence-electron chi connectivity index (χ2n) is 3.59. The number of nitrogens with zero attached hydrogens (tertiary/aromatic N) is 3. The van der Waals surface area contributed by atoms with Crippen LogP contribution in [-0.4, -0.2) is 9.55 Å². The van der Waals surface area contributed by atoms with Gasteiger partial charge in [0.1, 0.15) is 10.3 Å². The Kier molecular flexibility index (Phi) is 3.53. The van der Waals surface area contributed by atoms with Crippen molar-refractivity contribution in [2.75, 3.05) is 0 Å². The molecular weight excluding hydrogens is 301 g/mol. The average Bonchev–Trinajstić information content (AvgIpc) is 2.37. The smallest absolute Gasteiger partial charge is 0.267 e. The second-order valence-corrected chi connectivity index (χ2v) is 4.45. The van der Waals surface area contributed by atoms with Crippen molar-refractivity contribution >= 4 is 15.9 Å². The van der Waals surface area contributed by atoms with Gasteiger partial charge in [0.15, 0.2) is 0 Å². The fourth-order valence-electron chi connectivity index (χ4n) is 1.49. The molecule has 90 valence electrons. The molecule has 1 aromatic heterocycles. The maximum Gasteiger partial charge on any atom is 0.267 e. The summed E-state index contributed by atoms with van der Waals surface area (Å²) < 4.78 is 15.1. The van der Waals surface area contributed by atoms with Crippen molar-refractivity contribution in [3.05, 3.63) is 62.5 Å². The molecular formula is C12H7BrFN3O. The zero-order chi connectivity index (χ0) is 13.1. The fourth-order valence-corrected chi connectivity index (χ4v) is 1.83. The number of hydrogen-bond acceptors (Lipinski definition) is 3. The van der Waals surface area contributed by atoms with Gasteiger partial charge in [-0.15, -0.1) is 0 Å². The molecule has 4 nitrogen and oxygen atoms in total. The second kappa shape index (κ2) is 5.10. The number of halogens is 2. The number of nitriles is 1. The van der Waals surface area contributed by atoms with Crippen molar-refractivity contribution in [2.45, 2.75) is 6.54 Å². The Morgan fingerprint density at radius 2 is 2.28 bits per heavy atom. The fraction of sp³-hybridized carbons (Fsp3) is 0.0833. The molecule has 2 rings (SSSR count). The third-order valence-electron chi connectivity index (χ3n) is 2.37. The largest absolute Gasteiger partial charge is 0.294 e. The van der Waals surface area contributed by atoms with Crippen LogP contribution >= 0.6 is 15.9 Å². The quantitative estimate of drug-likeness (QED) is 0.853. The summed E-state index contributed by atoms with van der Waals surface area (Å²) in [6.07, 6.45) is 2.70. The van der Waals surface area contributed by atoms with Gasteiger partial charge in [-0.1, -0.05) is 0 Å². The maximum absolute atomic E-state index is 13.6. The zero-order valence-electron chi connectivity index (χ0n) is 9.10. The van der Waals surface area contributed by atoms with E-state index in [4.69, 9.17) is 5.26 Å². The lowest BCUT2D eigenvalue weighted by atomic mass is 10.1. The molecule has 0 aliphatic rings. The van der Waals surface area contributed by atoms with Gasteiger partial charge in [-0.25, -0.2) is 9.37 Å². The predicted octanol–water partition coefficient (Wildman–Crippen LogP) is 2.06. The summed E-state index contributed by atoms with van der Waals surface area (Å²) in [4.78, 5) is 15.6. The van der Waals surface area contributed by atoms with Crippen LogP contribution in [0, 0.1) is 17.1 Å². The molecule has 0 bridgehead atoms. The predicted molar refractivity (Wildman–Crippen MR) is 66.4 cm³/mol. The van der Waals surface area contributed by atoms with Crippen molar-refractivity contribution in [2.24, 2.45) is 0 Å². The summed E-state index contributed by atoms with van der Waals surface area (Å²) in [5, 5.41) is 8.76. The Morgan fingerprint density at radius 1 is 1.50 bits per heavy atom. The number of rotatable bonds is 2. The standard InChI is InChI=1S/C12H7BrFN3O/c13-10-5-16-7-17(12(10)18)6-9-3-8(4-15)1-2-11(9)14/h1-3,5,7H,6H2. The molecule has 0 fully saturated rings. The van der Waals surface area contributed by atoms with Crippen LogP contribution in [0.2, 0.25) is 0 Å². The Morgan fingerprint density at radius 3 is 3.00 bits per heavy atom. The normalized spacial score (nSPS) is 10.1. The molecule has 6 heteroatoms. The van der Waals surface area contributed by atoms with Crippen LogP contribution < -0.4 is 5.56 Å². The summed E-state index contributed by atoms with van der Waals surface area (Å²) >= 11 is 3.06. The van der Waals surface area contributed by atoms with E-state index in [-0.39, 0.29) is 17.7 Å². The lowest BCUT2D eigenvalue weighted by Gasteiger charge is -2.06. The average molecular weight is 308 g/mol. The topological polar surface area (TPSA) is 58.7 Å². The molecule has 0 aliphatic carbocycles. The number of benzene rings is 1. The van der Waals surface area contributed by atoms with E-state index in [2.05, 4.69) is 20.9 Å². The van der Waals surface area contributed by atoms with Crippen molar-refractivity contribution < 1.29 is 4.39 Å². The lowest BCUT2D eigenvalue weighted by Crippen LogP contribution is -2.21. The molecule has 1 aromatic carbocycles. The minimum Gasteiger partial charge on any atom is -0.294 e. The molecule has 0 unspecified atom stereocenters. The first-order valence-electron chi connectivity index (χ1n) is 5.00. The summed E-state index contributed by atoms with van der Waals surface area (Å²) in [6, 6.07) is 5.95. The zero-order valence-corrected chi connectivity index (χ0v) is 10.7. The van der Waals surface area contributed by atoms with Crippen molar-refractivity contribution in [3.63, 3.8) is 0 Å². The van der Waals surface area contributed by atoms with Gasteiger partial charge in [-0.2, -0.15) is 5.26 Å². The van der Waals surface area contributed by atoms with Gasteiger partial charge < -0.3 is 0 Å². The highest BCUT2D eigenvalue weighted by Gasteiger charge is 2.07. The van der Waals surface area contributed by atoms with E-state index in [0.717, 1.165) is 0 Å². The minimum absolute atomic E-state index is 0.0344. The van der Waals surface area contributed by atoms with Crippen molar-refractivity contribution in [1.29, 1.82) is 5.26 Å². The van der Waals surface area contributed by atoms with E-state index in [1.165, 1.54) is 35.3 Å². The van der Waals surface area contributed by atoms with Crippen LogP contribution in [0.5, 0.6) is 0 Å². The van der Waals surface area contributed by atoms with Crippen LogP contribution in [0.15, 0.2) is 40.0 Å². The van der Waals surface area contributed by atoms with E-state index in [9.17, 15) is 9.18 Å². The SMILES string of the molecule is N#Cc1ccc(F)c(Cn2cncc(Br)c2=O)c1. The third-order valence-corrected chi connectivity index (χ3v) is 2.92. The first-order valence-corrected chi connectivity index (χ1v) is 5.79. The van der Waals surface area contributed by atoms with E-state index in [1.54, 1.807) is 0 Å². The number of hydrogen-bond donors (Lipinski definition) is 0. The maximum atomic E-state index is 13.6. The highest BCUT2D eigenvalue weighted by molar-refractivity contribution is 9.10. The Bertz CT molecular complexity index is 690. The van der Waals surface area contributed by atoms with Crippen molar-refractivity contribution in [3.8, 4) is 6.07 Å². The van der Waals surface area contributed by atoms with Crippen LogP contribution in [0.3, 0.4) is 0 Å². The van der Waals surface area contributed by atoms with Crippen LogP contribution in [0.4, 0.5) is 4.39 Å². The minimum atomic E-state index is -0.458. The van der Waals surface area contributed by atoms with Gasteiger partial charge in [0.2, 0.25) is 0 Å². The molecule has 0 amide bonds. The van der Waals surface area contributed by atoms with E-state index in [1.807, 2.05) is 6.07 Å². The van der Waals surface area contributed by atoms with E-state index in [0.29, 0.717) is 10.0 Å². The summed E-state index contributed by atoms with van der Waals surface area (Å²) in [5.41, 5.74) is 0.324. The molecule has 1 heterocycles.